The topological polar surface area (TPSA) is 63.6 Å². The van der Waals surface area contributed by atoms with Crippen LogP contribution in [0.4, 0.5) is 101 Å². The fourth-order valence-electron chi connectivity index (χ4n) is 1.93. The predicted molar refractivity (Wildman–Crippen MR) is 72.5 cm³/mol. The lowest BCUT2D eigenvalue weighted by Gasteiger charge is -2.44. The highest BCUT2D eigenvalue weighted by Crippen LogP contribution is 2.66. The molecule has 0 unspecified atom stereocenters. The van der Waals surface area contributed by atoms with E-state index in [9.17, 15) is 109 Å². The molecule has 28 heteroatoms. The molecule has 0 spiro atoms. The third-order valence-corrected chi connectivity index (χ3v) is 5.09. The average Bonchev–Trinajstić information content (AvgIpc) is 2.70. The number of ether oxygens (including phenoxy) is 1. The second kappa shape index (κ2) is 9.43. The Morgan fingerprint density at radius 2 is 0.675 bits per heavy atom. The minimum atomic E-state index is -9.52. The van der Waals surface area contributed by atoms with E-state index in [1.165, 1.54) is 4.74 Å². The Morgan fingerprint density at radius 1 is 0.450 bits per heavy atom. The van der Waals surface area contributed by atoms with E-state index in [4.69, 9.17) is 4.55 Å². The second-order valence-corrected chi connectivity index (χ2v) is 8.20. The summed E-state index contributed by atoms with van der Waals surface area (Å²) in [7, 11) is -8.17. The lowest BCUT2D eigenvalue weighted by molar-refractivity contribution is -0.478. The molecule has 0 aromatic carbocycles. The number of hydrogen-bond donors (Lipinski definition) is 1. The van der Waals surface area contributed by atoms with Crippen molar-refractivity contribution in [2.24, 2.45) is 0 Å². The van der Waals surface area contributed by atoms with Crippen LogP contribution in [0.15, 0.2) is 12.1 Å². The van der Waals surface area contributed by atoms with Gasteiger partial charge in [0.25, 0.3) is 0 Å². The van der Waals surface area contributed by atoms with Crippen LogP contribution in [0.2, 0.25) is 0 Å². The molecule has 0 rings (SSSR count). The minimum absolute atomic E-state index is 1.48. The monoisotopic (exact) mass is 678 g/mol. The zero-order chi connectivity index (χ0) is 33.4. The van der Waals surface area contributed by atoms with Gasteiger partial charge in [-0.1, -0.05) is 0 Å². The van der Waals surface area contributed by atoms with Gasteiger partial charge in [0.2, 0.25) is 0 Å². The third-order valence-electron chi connectivity index (χ3n) is 4.18. The van der Waals surface area contributed by atoms with Crippen LogP contribution >= 0.6 is 0 Å². The van der Waals surface area contributed by atoms with Crippen molar-refractivity contribution in [1.29, 1.82) is 0 Å². The Labute approximate surface area is 201 Å². The normalized spacial score (nSPS) is 16.2. The van der Waals surface area contributed by atoms with Gasteiger partial charge < -0.3 is 4.74 Å². The molecule has 0 aromatic heterocycles. The summed E-state index contributed by atoms with van der Waals surface area (Å²) in [5, 5.41) is -8.14. The standard InChI is InChI=1S/C12HF23O4S/c13-1(14)2(15)39-11(32,33)9(28,29)7(24,25)5(20,21)3(16,17)4(18,19)6(22,23)8(26,27)10(30,31)12(34,35)40(36,37)38/h(H,36,37,38). The average molecular weight is 678 g/mol. The molecule has 0 amide bonds. The van der Waals surface area contributed by atoms with Crippen molar-refractivity contribution in [2.45, 2.75) is 58.7 Å². The summed E-state index contributed by atoms with van der Waals surface area (Å²) < 4.78 is 331. The quantitative estimate of drug-likeness (QED) is 0.135. The molecule has 1 N–H and O–H groups in total. The zero-order valence-electron chi connectivity index (χ0n) is 16.8. The van der Waals surface area contributed by atoms with Gasteiger partial charge >= 0.3 is 81.0 Å². The van der Waals surface area contributed by atoms with Crippen LogP contribution in [0.5, 0.6) is 0 Å². The van der Waals surface area contributed by atoms with Crippen molar-refractivity contribution in [3.8, 4) is 0 Å². The van der Waals surface area contributed by atoms with Gasteiger partial charge in [0.15, 0.2) is 0 Å². The van der Waals surface area contributed by atoms with Gasteiger partial charge in [-0.25, -0.2) is 0 Å². The molecule has 0 saturated carbocycles. The van der Waals surface area contributed by atoms with Crippen LogP contribution in [0, 0.1) is 0 Å². The maximum Gasteiger partial charge on any atom is 0.472 e. The molecule has 40 heavy (non-hydrogen) atoms. The Bertz CT molecular complexity index is 1100. The van der Waals surface area contributed by atoms with E-state index in [1.807, 2.05) is 0 Å². The fraction of sp³-hybridized carbons (Fsp3) is 0.833. The van der Waals surface area contributed by atoms with Gasteiger partial charge in [-0.2, -0.15) is 109 Å². The lowest BCUT2D eigenvalue weighted by atomic mass is 9.87. The third kappa shape index (κ3) is 4.64. The minimum Gasteiger partial charge on any atom is -0.397 e. The second-order valence-electron chi connectivity index (χ2n) is 6.74. The zero-order valence-corrected chi connectivity index (χ0v) is 17.6. The van der Waals surface area contributed by atoms with Crippen molar-refractivity contribution < 1.29 is 119 Å². The van der Waals surface area contributed by atoms with E-state index in [2.05, 4.69) is 0 Å². The SMILES string of the molecule is O=S(=O)(O)C(F)(F)C(F)(F)C(F)(F)C(F)(F)C(F)(F)C(F)(F)C(F)(F)C(F)(F)C(F)(F)C(F)(F)OC(F)=C(F)F. The van der Waals surface area contributed by atoms with Gasteiger partial charge in [0.05, 0.1) is 0 Å². The Morgan fingerprint density at radius 3 is 0.900 bits per heavy atom. The molecule has 0 atom stereocenters. The first-order valence-corrected chi connectivity index (χ1v) is 9.41. The van der Waals surface area contributed by atoms with Crippen molar-refractivity contribution in [3.63, 3.8) is 0 Å². The van der Waals surface area contributed by atoms with E-state index >= 15 is 0 Å². The first-order chi connectivity index (χ1) is 16.8. The number of alkyl halides is 20. The molecule has 0 fully saturated rings. The summed E-state index contributed by atoms with van der Waals surface area (Å²) in [6.45, 7) is 0. The molecule has 0 radical (unpaired) electrons. The molecule has 0 aromatic rings. The highest BCUT2D eigenvalue weighted by Gasteiger charge is 2.98. The molecule has 0 aliphatic heterocycles. The fourth-order valence-corrected chi connectivity index (χ4v) is 2.38. The molecule has 0 heterocycles. The van der Waals surface area contributed by atoms with E-state index in [0.29, 0.717) is 0 Å². The van der Waals surface area contributed by atoms with E-state index < -0.39 is 81.0 Å². The molecule has 0 bridgehead atoms. The Kier molecular flexibility index (Phi) is 8.92. The van der Waals surface area contributed by atoms with E-state index in [0.717, 1.165) is 0 Å². The molecule has 0 saturated heterocycles. The van der Waals surface area contributed by atoms with Gasteiger partial charge in [-0.3, -0.25) is 4.55 Å². The predicted octanol–water partition coefficient (Wildman–Crippen LogP) is 7.19. The lowest BCUT2D eigenvalue weighted by Crippen LogP contribution is -2.77. The van der Waals surface area contributed by atoms with Crippen LogP contribution in [0.3, 0.4) is 0 Å². The highest BCUT2D eigenvalue weighted by molar-refractivity contribution is 7.87. The van der Waals surface area contributed by atoms with Crippen molar-refractivity contribution in [2.75, 3.05) is 0 Å². The first kappa shape index (κ1) is 37.8. The van der Waals surface area contributed by atoms with Crippen molar-refractivity contribution >= 4 is 10.1 Å². The molecule has 0 aliphatic carbocycles. The maximum absolute atomic E-state index is 13.5. The van der Waals surface area contributed by atoms with E-state index in [-0.39, 0.29) is 0 Å². The van der Waals surface area contributed by atoms with Crippen molar-refractivity contribution in [1.82, 2.24) is 0 Å². The molecule has 240 valence electrons. The summed E-state index contributed by atoms with van der Waals surface area (Å²) in [6, 6.07) is -4.38. The summed E-state index contributed by atoms with van der Waals surface area (Å²) in [4.78, 5) is 0. The molecule has 4 nitrogen and oxygen atoms in total. The van der Waals surface area contributed by atoms with Crippen LogP contribution in [0.25, 0.3) is 0 Å². The van der Waals surface area contributed by atoms with Gasteiger partial charge in [0, 0.05) is 0 Å². The number of halogens is 23. The smallest absolute Gasteiger partial charge is 0.397 e. The maximum atomic E-state index is 13.5. The largest absolute Gasteiger partial charge is 0.472 e. The summed E-state index contributed by atoms with van der Waals surface area (Å²) >= 11 is 0. The highest BCUT2D eigenvalue weighted by atomic mass is 32.2. The number of rotatable bonds is 12. The van der Waals surface area contributed by atoms with Crippen LogP contribution in [-0.2, 0) is 14.9 Å². The van der Waals surface area contributed by atoms with Crippen molar-refractivity contribution in [3.05, 3.63) is 12.1 Å². The number of hydrogen-bond acceptors (Lipinski definition) is 3. The Balaban J connectivity index is 7.27. The Hall–Kier alpha value is -2.16. The van der Waals surface area contributed by atoms with Gasteiger partial charge in [-0.05, 0) is 0 Å². The molecular formula is C12HF23O4S. The van der Waals surface area contributed by atoms with Crippen LogP contribution in [0.1, 0.15) is 0 Å². The summed E-state index contributed by atoms with van der Waals surface area (Å²) in [6.07, 6.45) is -12.3. The molecule has 0 aliphatic rings. The summed E-state index contributed by atoms with van der Waals surface area (Å²) in [5.41, 5.74) is 0. The molecular weight excluding hydrogens is 677 g/mol. The van der Waals surface area contributed by atoms with E-state index in [1.54, 1.807) is 0 Å². The van der Waals surface area contributed by atoms with Crippen LogP contribution in [-0.4, -0.2) is 71.7 Å². The summed E-state index contributed by atoms with van der Waals surface area (Å²) in [5.74, 6) is -73.8. The first-order valence-electron chi connectivity index (χ1n) is 7.97. The van der Waals surface area contributed by atoms with Gasteiger partial charge in [0.1, 0.15) is 0 Å². The van der Waals surface area contributed by atoms with Gasteiger partial charge in [-0.15, -0.1) is 0 Å². The van der Waals surface area contributed by atoms with Crippen LogP contribution < -0.4 is 0 Å².